The normalized spacial score (nSPS) is 13.2. The van der Waals surface area contributed by atoms with Gasteiger partial charge in [-0.15, -0.1) is 0 Å². The molecule has 0 fully saturated rings. The number of benzene rings is 2. The molecule has 5 nitrogen and oxygen atoms in total. The number of thiazole rings is 1. The van der Waals surface area contributed by atoms with E-state index in [-0.39, 0.29) is 10.5 Å². The maximum atomic E-state index is 12.9. The molecule has 3 aromatic rings. The van der Waals surface area contributed by atoms with E-state index in [2.05, 4.69) is 4.99 Å². The van der Waals surface area contributed by atoms with Crippen molar-refractivity contribution in [1.82, 2.24) is 4.57 Å². The van der Waals surface area contributed by atoms with Crippen LogP contribution in [-0.4, -0.2) is 37.2 Å². The summed E-state index contributed by atoms with van der Waals surface area (Å²) in [4.78, 5) is 17.1. The number of carbonyl (C=O) groups is 1. The molecule has 0 aliphatic rings. The van der Waals surface area contributed by atoms with Crippen LogP contribution in [0.15, 0.2) is 52.4 Å². The Hall–Kier alpha value is -2.11. The monoisotopic (exact) mass is 474 g/mol. The molecule has 0 saturated carbocycles. The van der Waals surface area contributed by atoms with Gasteiger partial charge >= 0.3 is 6.18 Å². The van der Waals surface area contributed by atoms with Crippen molar-refractivity contribution in [2.45, 2.75) is 17.6 Å². The molecule has 0 N–H and O–H groups in total. The SMILES string of the molecule is CSCCn1c(=NC(=O)c2cccc(C(F)(F)F)c2)sc2cc(S(C)(=O)=O)ccc21. The van der Waals surface area contributed by atoms with E-state index in [0.29, 0.717) is 27.3 Å². The van der Waals surface area contributed by atoms with Crippen LogP contribution in [0.25, 0.3) is 10.2 Å². The van der Waals surface area contributed by atoms with Crippen LogP contribution < -0.4 is 4.80 Å². The number of thioether (sulfide) groups is 1. The van der Waals surface area contributed by atoms with Gasteiger partial charge < -0.3 is 4.57 Å². The number of aryl methyl sites for hydroxylation is 1. The summed E-state index contributed by atoms with van der Waals surface area (Å²) >= 11 is 2.70. The zero-order valence-electron chi connectivity index (χ0n) is 15.9. The third-order valence-electron chi connectivity index (χ3n) is 4.24. The summed E-state index contributed by atoms with van der Waals surface area (Å²) in [6, 6.07) is 8.75. The van der Waals surface area contributed by atoms with E-state index in [1.54, 1.807) is 22.4 Å². The van der Waals surface area contributed by atoms with Crippen LogP contribution in [0, 0.1) is 0 Å². The second kappa shape index (κ2) is 8.56. The van der Waals surface area contributed by atoms with Crippen LogP contribution in [0.1, 0.15) is 15.9 Å². The first kappa shape index (κ1) is 22.6. The topological polar surface area (TPSA) is 68.5 Å². The van der Waals surface area contributed by atoms with Crippen LogP contribution in [0.5, 0.6) is 0 Å². The van der Waals surface area contributed by atoms with Gasteiger partial charge in [0.15, 0.2) is 14.6 Å². The number of nitrogens with zero attached hydrogens (tertiary/aromatic N) is 2. The molecule has 1 aromatic heterocycles. The highest BCUT2D eigenvalue weighted by Gasteiger charge is 2.30. The predicted octanol–water partition coefficient (Wildman–Crippen LogP) is 4.23. The van der Waals surface area contributed by atoms with Crippen molar-refractivity contribution in [3.63, 3.8) is 0 Å². The number of hydrogen-bond acceptors (Lipinski definition) is 5. The molecule has 11 heteroatoms. The van der Waals surface area contributed by atoms with Gasteiger partial charge in [-0.25, -0.2) is 8.42 Å². The molecule has 0 bridgehead atoms. The quantitative estimate of drug-likeness (QED) is 0.555. The van der Waals surface area contributed by atoms with Gasteiger partial charge in [-0.2, -0.15) is 29.9 Å². The van der Waals surface area contributed by atoms with Crippen molar-refractivity contribution in [3.8, 4) is 0 Å². The van der Waals surface area contributed by atoms with Crippen molar-refractivity contribution in [3.05, 3.63) is 58.4 Å². The number of hydrogen-bond donors (Lipinski definition) is 0. The zero-order valence-corrected chi connectivity index (χ0v) is 18.4. The van der Waals surface area contributed by atoms with Crippen molar-refractivity contribution in [2.24, 2.45) is 4.99 Å². The van der Waals surface area contributed by atoms with E-state index in [1.807, 2.05) is 6.26 Å². The largest absolute Gasteiger partial charge is 0.416 e. The molecule has 1 amide bonds. The van der Waals surface area contributed by atoms with Gasteiger partial charge in [-0.1, -0.05) is 17.4 Å². The molecule has 2 aromatic carbocycles. The fourth-order valence-electron chi connectivity index (χ4n) is 2.75. The number of sulfone groups is 1. The smallest absolute Gasteiger partial charge is 0.316 e. The third-order valence-corrected chi connectivity index (χ3v) is 6.98. The van der Waals surface area contributed by atoms with E-state index in [9.17, 15) is 26.4 Å². The number of halogens is 3. The number of carbonyl (C=O) groups excluding carboxylic acids is 1. The second-order valence-corrected chi connectivity index (χ2v) is 10.4. The molecule has 0 atom stereocenters. The molecule has 0 spiro atoms. The first-order valence-electron chi connectivity index (χ1n) is 8.59. The Morgan fingerprint density at radius 1 is 1.20 bits per heavy atom. The van der Waals surface area contributed by atoms with Gasteiger partial charge in [-0.05, 0) is 42.7 Å². The van der Waals surface area contributed by atoms with E-state index in [4.69, 9.17) is 0 Å². The average Bonchev–Trinajstić information content (AvgIpc) is 3.01. The van der Waals surface area contributed by atoms with Gasteiger partial charge in [-0.3, -0.25) is 4.79 Å². The Balaban J connectivity index is 2.13. The maximum Gasteiger partial charge on any atom is 0.416 e. The summed E-state index contributed by atoms with van der Waals surface area (Å²) in [6.45, 7) is 0.508. The molecular weight excluding hydrogens is 457 g/mol. The van der Waals surface area contributed by atoms with Crippen LogP contribution in [0.3, 0.4) is 0 Å². The van der Waals surface area contributed by atoms with Crippen LogP contribution >= 0.6 is 23.1 Å². The highest BCUT2D eigenvalue weighted by Crippen LogP contribution is 2.29. The van der Waals surface area contributed by atoms with Crippen LogP contribution in [0.4, 0.5) is 13.2 Å². The lowest BCUT2D eigenvalue weighted by Gasteiger charge is -2.07. The summed E-state index contributed by atoms with van der Waals surface area (Å²) in [5.74, 6) is -0.0844. The lowest BCUT2D eigenvalue weighted by molar-refractivity contribution is -0.137. The Labute approximate surface area is 179 Å². The molecule has 1 heterocycles. The second-order valence-electron chi connectivity index (χ2n) is 6.43. The molecule has 0 aliphatic carbocycles. The lowest BCUT2D eigenvalue weighted by Crippen LogP contribution is -2.18. The predicted molar refractivity (Wildman–Crippen MR) is 113 cm³/mol. The minimum Gasteiger partial charge on any atom is -0.316 e. The van der Waals surface area contributed by atoms with Gasteiger partial charge in [0.2, 0.25) is 0 Å². The fourth-order valence-corrected chi connectivity index (χ4v) is 4.93. The zero-order chi connectivity index (χ0) is 22.1. The first-order chi connectivity index (χ1) is 14.0. The van der Waals surface area contributed by atoms with E-state index in [0.717, 1.165) is 35.8 Å². The van der Waals surface area contributed by atoms with Crippen molar-refractivity contribution >= 4 is 49.1 Å². The number of fused-ring (bicyclic) bond motifs is 1. The van der Waals surface area contributed by atoms with E-state index >= 15 is 0 Å². The van der Waals surface area contributed by atoms with Crippen molar-refractivity contribution in [2.75, 3.05) is 18.3 Å². The molecule has 0 aliphatic heterocycles. The van der Waals surface area contributed by atoms with Gasteiger partial charge in [0.05, 0.1) is 20.7 Å². The van der Waals surface area contributed by atoms with Crippen molar-refractivity contribution < 1.29 is 26.4 Å². The first-order valence-corrected chi connectivity index (χ1v) is 12.7. The average molecular weight is 475 g/mol. The summed E-state index contributed by atoms with van der Waals surface area (Å²) in [6.07, 6.45) is -1.54. The number of rotatable bonds is 5. The summed E-state index contributed by atoms with van der Waals surface area (Å²) in [5, 5.41) is 0. The molecule has 160 valence electrons. The van der Waals surface area contributed by atoms with Gasteiger partial charge in [0.25, 0.3) is 5.91 Å². The molecule has 0 unspecified atom stereocenters. The third kappa shape index (κ3) is 4.96. The number of aromatic nitrogens is 1. The lowest BCUT2D eigenvalue weighted by atomic mass is 10.1. The maximum absolute atomic E-state index is 12.9. The molecule has 30 heavy (non-hydrogen) atoms. The van der Waals surface area contributed by atoms with E-state index in [1.165, 1.54) is 18.2 Å². The molecule has 3 rings (SSSR count). The number of alkyl halides is 3. The summed E-state index contributed by atoms with van der Waals surface area (Å²) in [5.41, 5.74) is -0.388. The standard InChI is InChI=1S/C19H17F3N2O3S3/c1-28-9-8-24-15-7-6-14(30(2,26)27)11-16(15)29-18(24)23-17(25)12-4-3-5-13(10-12)19(20,21)22/h3-7,10-11H,8-9H2,1-2H3. The van der Waals surface area contributed by atoms with Crippen LogP contribution in [-0.2, 0) is 22.6 Å². The van der Waals surface area contributed by atoms with Gasteiger partial charge in [0.1, 0.15) is 0 Å². The fraction of sp³-hybridized carbons (Fsp3) is 0.263. The summed E-state index contributed by atoms with van der Waals surface area (Å²) < 4.78 is 64.9. The minimum absolute atomic E-state index is 0.143. The Morgan fingerprint density at radius 2 is 1.93 bits per heavy atom. The Bertz CT molecular complexity index is 1280. The van der Waals surface area contributed by atoms with E-state index < -0.39 is 27.5 Å². The Morgan fingerprint density at radius 3 is 2.57 bits per heavy atom. The van der Waals surface area contributed by atoms with Gasteiger partial charge in [0, 0.05) is 24.1 Å². The number of amides is 1. The molecule has 0 saturated heterocycles. The minimum atomic E-state index is -4.56. The highest BCUT2D eigenvalue weighted by atomic mass is 32.2. The van der Waals surface area contributed by atoms with Crippen LogP contribution in [0.2, 0.25) is 0 Å². The molecular formula is C19H17F3N2O3S3. The Kier molecular flexibility index (Phi) is 6.44. The van der Waals surface area contributed by atoms with Crippen molar-refractivity contribution in [1.29, 1.82) is 0 Å². The highest BCUT2D eigenvalue weighted by molar-refractivity contribution is 7.98. The summed E-state index contributed by atoms with van der Waals surface area (Å²) in [7, 11) is -3.41. The molecule has 0 radical (unpaired) electrons.